The minimum Gasteiger partial charge on any atom is -0.494 e. The van der Waals surface area contributed by atoms with Crippen LogP contribution in [0.5, 0.6) is 5.75 Å². The van der Waals surface area contributed by atoms with Crippen LogP contribution in [0.25, 0.3) is 16.7 Å². The maximum absolute atomic E-state index is 14.7. The molecule has 0 saturated carbocycles. The second kappa shape index (κ2) is 8.73. The van der Waals surface area contributed by atoms with Crippen LogP contribution in [0.3, 0.4) is 0 Å². The molecule has 3 aromatic heterocycles. The van der Waals surface area contributed by atoms with Gasteiger partial charge in [0.15, 0.2) is 17.2 Å². The van der Waals surface area contributed by atoms with E-state index in [9.17, 15) is 13.6 Å². The van der Waals surface area contributed by atoms with Crippen LogP contribution in [-0.4, -0.2) is 61.5 Å². The Kier molecular flexibility index (Phi) is 5.74. The Morgan fingerprint density at radius 2 is 1.85 bits per heavy atom. The number of methoxy groups -OCH3 is 1. The lowest BCUT2D eigenvalue weighted by Gasteiger charge is -2.35. The first-order chi connectivity index (χ1) is 16.4. The standard InChI is InChI=1S/C23H24F2N6O3/c1-13-8-29(9-14(2)34-13)10-15-6-17-21(26-7-15)30(23(32)31-22(17)27-12-28-31)11-16-4-5-18(33-3)20(25)19(16)24/h4-7,12-14H,8-11H2,1-3H3/t13-,14+. The monoisotopic (exact) mass is 470 g/mol. The lowest BCUT2D eigenvalue weighted by atomic mass is 10.1. The molecule has 178 valence electrons. The molecule has 1 aliphatic rings. The molecule has 0 spiro atoms. The second-order valence-corrected chi connectivity index (χ2v) is 8.59. The Morgan fingerprint density at radius 3 is 2.59 bits per heavy atom. The molecule has 0 aliphatic carbocycles. The normalized spacial score (nSPS) is 19.2. The van der Waals surface area contributed by atoms with Gasteiger partial charge in [0.2, 0.25) is 5.82 Å². The van der Waals surface area contributed by atoms with E-state index in [0.717, 1.165) is 23.2 Å². The summed E-state index contributed by atoms with van der Waals surface area (Å²) < 4.78 is 42.0. The molecule has 4 aromatic rings. The number of rotatable bonds is 5. The molecule has 0 unspecified atom stereocenters. The van der Waals surface area contributed by atoms with Gasteiger partial charge in [-0.3, -0.25) is 9.47 Å². The van der Waals surface area contributed by atoms with Gasteiger partial charge in [-0.2, -0.15) is 14.0 Å². The quantitative estimate of drug-likeness (QED) is 0.443. The molecule has 1 aliphatic heterocycles. The van der Waals surface area contributed by atoms with Crippen LogP contribution < -0.4 is 10.4 Å². The number of aromatic nitrogens is 5. The van der Waals surface area contributed by atoms with E-state index in [1.165, 1.54) is 30.1 Å². The highest BCUT2D eigenvalue weighted by Gasteiger charge is 2.23. The highest BCUT2D eigenvalue weighted by Crippen LogP contribution is 2.24. The fraction of sp³-hybridized carbons (Fsp3) is 0.391. The fourth-order valence-electron chi connectivity index (χ4n) is 4.57. The smallest absolute Gasteiger partial charge is 0.352 e. The Hall–Kier alpha value is -3.44. The van der Waals surface area contributed by atoms with Crippen molar-refractivity contribution in [1.82, 2.24) is 29.0 Å². The van der Waals surface area contributed by atoms with E-state index in [4.69, 9.17) is 9.47 Å². The number of fused-ring (bicyclic) bond motifs is 3. The molecule has 2 atom stereocenters. The fourth-order valence-corrected chi connectivity index (χ4v) is 4.57. The Bertz CT molecular complexity index is 1430. The van der Waals surface area contributed by atoms with Crippen LogP contribution in [0, 0.1) is 11.6 Å². The largest absolute Gasteiger partial charge is 0.494 e. The molecule has 34 heavy (non-hydrogen) atoms. The molecule has 0 bridgehead atoms. The molecule has 0 amide bonds. The van der Waals surface area contributed by atoms with Crippen molar-refractivity contribution in [3.63, 3.8) is 0 Å². The minimum absolute atomic E-state index is 0.0108. The Balaban J connectivity index is 1.58. The Labute approximate surface area is 193 Å². The summed E-state index contributed by atoms with van der Waals surface area (Å²) in [6, 6.07) is 4.62. The summed E-state index contributed by atoms with van der Waals surface area (Å²) in [4.78, 5) is 24.2. The zero-order valence-electron chi connectivity index (χ0n) is 19.0. The van der Waals surface area contributed by atoms with Crippen molar-refractivity contribution in [2.24, 2.45) is 0 Å². The first kappa shape index (κ1) is 22.4. The Morgan fingerprint density at radius 1 is 1.09 bits per heavy atom. The van der Waals surface area contributed by atoms with Crippen LogP contribution in [0.1, 0.15) is 25.0 Å². The van der Waals surface area contributed by atoms with Gasteiger partial charge in [-0.05, 0) is 31.5 Å². The number of ether oxygens (including phenoxy) is 2. The van der Waals surface area contributed by atoms with Gasteiger partial charge in [-0.15, -0.1) is 0 Å². The molecular formula is C23H24F2N6O3. The average molecular weight is 470 g/mol. The van der Waals surface area contributed by atoms with Crippen molar-refractivity contribution in [2.45, 2.75) is 39.1 Å². The summed E-state index contributed by atoms with van der Waals surface area (Å²) in [6.45, 7) is 6.10. The van der Waals surface area contributed by atoms with E-state index < -0.39 is 17.3 Å². The second-order valence-electron chi connectivity index (χ2n) is 8.59. The van der Waals surface area contributed by atoms with E-state index in [1.54, 1.807) is 6.20 Å². The summed E-state index contributed by atoms with van der Waals surface area (Å²) in [5.74, 6) is -2.40. The van der Waals surface area contributed by atoms with Crippen molar-refractivity contribution in [2.75, 3.05) is 20.2 Å². The number of hydrogen-bond donors (Lipinski definition) is 0. The number of benzene rings is 1. The van der Waals surface area contributed by atoms with Crippen molar-refractivity contribution in [1.29, 1.82) is 0 Å². The van der Waals surface area contributed by atoms with Gasteiger partial charge in [0.25, 0.3) is 0 Å². The van der Waals surface area contributed by atoms with Gasteiger partial charge in [-0.1, -0.05) is 6.07 Å². The van der Waals surface area contributed by atoms with E-state index in [1.807, 2.05) is 19.9 Å². The van der Waals surface area contributed by atoms with Crippen molar-refractivity contribution >= 4 is 16.7 Å². The van der Waals surface area contributed by atoms with Crippen LogP contribution in [0.15, 0.2) is 35.5 Å². The van der Waals surface area contributed by atoms with E-state index in [0.29, 0.717) is 23.2 Å². The van der Waals surface area contributed by atoms with Gasteiger partial charge in [0.1, 0.15) is 12.0 Å². The molecule has 4 heterocycles. The summed E-state index contributed by atoms with van der Waals surface area (Å²) in [5.41, 5.74) is 1.05. The molecule has 1 aromatic carbocycles. The number of halogens is 2. The van der Waals surface area contributed by atoms with Gasteiger partial charge in [-0.25, -0.2) is 19.2 Å². The van der Waals surface area contributed by atoms with Gasteiger partial charge in [0.05, 0.1) is 31.2 Å². The topological polar surface area (TPSA) is 86.8 Å². The van der Waals surface area contributed by atoms with Crippen molar-refractivity contribution in [3.05, 3.63) is 64.0 Å². The van der Waals surface area contributed by atoms with Crippen LogP contribution in [-0.2, 0) is 17.8 Å². The zero-order valence-corrected chi connectivity index (χ0v) is 19.0. The molecule has 9 nitrogen and oxygen atoms in total. The van der Waals surface area contributed by atoms with Gasteiger partial charge < -0.3 is 9.47 Å². The lowest BCUT2D eigenvalue weighted by Crippen LogP contribution is -2.44. The highest BCUT2D eigenvalue weighted by atomic mass is 19.2. The third kappa shape index (κ3) is 3.90. The molecule has 5 rings (SSSR count). The number of morpholine rings is 1. The molecule has 0 radical (unpaired) electrons. The van der Waals surface area contributed by atoms with Crippen molar-refractivity contribution in [3.8, 4) is 5.75 Å². The summed E-state index contributed by atoms with van der Waals surface area (Å²) >= 11 is 0. The van der Waals surface area contributed by atoms with E-state index >= 15 is 0 Å². The summed E-state index contributed by atoms with van der Waals surface area (Å²) in [5, 5.41) is 4.63. The van der Waals surface area contributed by atoms with E-state index in [-0.39, 0.29) is 30.1 Å². The van der Waals surface area contributed by atoms with Crippen molar-refractivity contribution < 1.29 is 18.3 Å². The average Bonchev–Trinajstić information content (AvgIpc) is 3.29. The summed E-state index contributed by atoms with van der Waals surface area (Å²) in [6.07, 6.45) is 3.24. The third-order valence-corrected chi connectivity index (χ3v) is 5.96. The number of hydrogen-bond acceptors (Lipinski definition) is 7. The summed E-state index contributed by atoms with van der Waals surface area (Å²) in [7, 11) is 1.26. The zero-order chi connectivity index (χ0) is 24.0. The van der Waals surface area contributed by atoms with Gasteiger partial charge >= 0.3 is 5.69 Å². The van der Waals surface area contributed by atoms with Gasteiger partial charge in [0, 0.05) is 31.4 Å². The minimum atomic E-state index is -1.11. The number of nitrogens with zero attached hydrogens (tertiary/aromatic N) is 6. The molecule has 11 heteroatoms. The van der Waals surface area contributed by atoms with Crippen LogP contribution >= 0.6 is 0 Å². The molecular weight excluding hydrogens is 446 g/mol. The highest BCUT2D eigenvalue weighted by molar-refractivity contribution is 5.89. The SMILES string of the molecule is COc1ccc(Cn2c(=O)n3ncnc3c3cc(CN4C[C@@H](C)O[C@@H](C)C4)cnc32)c(F)c1F. The molecule has 1 saturated heterocycles. The predicted molar refractivity (Wildman–Crippen MR) is 120 cm³/mol. The van der Waals surface area contributed by atoms with Crippen LogP contribution in [0.4, 0.5) is 8.78 Å². The van der Waals surface area contributed by atoms with Crippen LogP contribution in [0.2, 0.25) is 0 Å². The molecule has 1 fully saturated rings. The number of pyridine rings is 1. The first-order valence-corrected chi connectivity index (χ1v) is 11.0. The first-order valence-electron chi connectivity index (χ1n) is 11.0. The third-order valence-electron chi connectivity index (χ3n) is 5.96. The van der Waals surface area contributed by atoms with E-state index in [2.05, 4.69) is 20.0 Å². The maximum Gasteiger partial charge on any atom is 0.352 e. The lowest BCUT2D eigenvalue weighted by molar-refractivity contribution is -0.0705. The molecule has 0 N–H and O–H groups in total. The predicted octanol–water partition coefficient (Wildman–Crippen LogP) is 2.38. The maximum atomic E-state index is 14.7.